The van der Waals surface area contributed by atoms with Gasteiger partial charge in [-0.15, -0.1) is 0 Å². The summed E-state index contributed by atoms with van der Waals surface area (Å²) in [5.41, 5.74) is 0. The summed E-state index contributed by atoms with van der Waals surface area (Å²) in [5, 5.41) is 0. The lowest BCUT2D eigenvalue weighted by Gasteiger charge is -2.18. The van der Waals surface area contributed by atoms with Crippen molar-refractivity contribution in [1.29, 1.82) is 0 Å². The van der Waals surface area contributed by atoms with Crippen molar-refractivity contribution in [3.63, 3.8) is 0 Å². The largest absolute Gasteiger partial charge is 0.462 e. The molecule has 0 fully saturated rings. The lowest BCUT2D eigenvalue weighted by Crippen LogP contribution is -2.30. The third-order valence-corrected chi connectivity index (χ3v) is 13.7. The molecule has 6 heteroatoms. The van der Waals surface area contributed by atoms with E-state index >= 15 is 0 Å². The smallest absolute Gasteiger partial charge is 0.306 e. The molecule has 1 atom stereocenters. The van der Waals surface area contributed by atoms with Gasteiger partial charge in [0.05, 0.1) is 0 Å². The van der Waals surface area contributed by atoms with E-state index in [0.29, 0.717) is 19.3 Å². The number of carbonyl (C=O) groups excluding carboxylic acids is 3. The minimum absolute atomic E-state index is 0.0932. The highest BCUT2D eigenvalue weighted by Crippen LogP contribution is 2.15. The summed E-state index contributed by atoms with van der Waals surface area (Å²) in [6, 6.07) is 0. The summed E-state index contributed by atoms with van der Waals surface area (Å²) in [5.74, 6) is -0.933. The van der Waals surface area contributed by atoms with Gasteiger partial charge in [0.25, 0.3) is 0 Å². The van der Waals surface area contributed by atoms with Crippen LogP contribution >= 0.6 is 0 Å². The van der Waals surface area contributed by atoms with Gasteiger partial charge in [0.1, 0.15) is 13.2 Å². The highest BCUT2D eigenvalue weighted by atomic mass is 16.6. The minimum atomic E-state index is -0.795. The van der Waals surface area contributed by atoms with Gasteiger partial charge in [-0.25, -0.2) is 0 Å². The van der Waals surface area contributed by atoms with Crippen LogP contribution < -0.4 is 0 Å². The third-order valence-electron chi connectivity index (χ3n) is 13.7. The molecule has 0 radical (unpaired) electrons. The Kier molecular flexibility index (Phi) is 64.9. The van der Waals surface area contributed by atoms with Gasteiger partial charge in [0.15, 0.2) is 6.10 Å². The van der Waals surface area contributed by atoms with E-state index in [4.69, 9.17) is 14.2 Å². The Labute approximate surface area is 511 Å². The van der Waals surface area contributed by atoms with Crippen molar-refractivity contribution >= 4 is 17.9 Å². The van der Waals surface area contributed by atoms with Gasteiger partial charge < -0.3 is 14.2 Å². The fourth-order valence-electron chi connectivity index (χ4n) is 8.76. The molecule has 0 aromatic rings. The fraction of sp³-hybridized carbons (Fsp3) is 0.597. The topological polar surface area (TPSA) is 78.9 Å². The molecule has 1 unspecified atom stereocenters. The van der Waals surface area contributed by atoms with Crippen LogP contribution in [0.5, 0.6) is 0 Å². The number of ether oxygens (including phenoxy) is 3. The minimum Gasteiger partial charge on any atom is -0.462 e. The van der Waals surface area contributed by atoms with Crippen molar-refractivity contribution in [2.75, 3.05) is 13.2 Å². The van der Waals surface area contributed by atoms with Crippen LogP contribution in [0.15, 0.2) is 170 Å². The number of rotatable bonds is 59. The van der Waals surface area contributed by atoms with Crippen LogP contribution in [0.4, 0.5) is 0 Å². The molecule has 0 saturated carbocycles. The molecule has 0 aromatic heterocycles. The summed E-state index contributed by atoms with van der Waals surface area (Å²) in [6.45, 7) is 6.30. The van der Waals surface area contributed by atoms with Crippen molar-refractivity contribution < 1.29 is 28.6 Å². The van der Waals surface area contributed by atoms with E-state index in [1.54, 1.807) is 0 Å². The van der Waals surface area contributed by atoms with E-state index in [1.807, 2.05) is 0 Å². The maximum absolute atomic E-state index is 12.8. The van der Waals surface area contributed by atoms with Crippen LogP contribution in [0.25, 0.3) is 0 Å². The first kappa shape index (κ1) is 77.8. The predicted octanol–water partition coefficient (Wildman–Crippen LogP) is 23.4. The molecule has 0 aliphatic heterocycles. The molecule has 0 heterocycles. The molecule has 83 heavy (non-hydrogen) atoms. The lowest BCUT2D eigenvalue weighted by molar-refractivity contribution is -0.167. The Morgan fingerprint density at radius 1 is 0.253 bits per heavy atom. The molecule has 0 N–H and O–H groups in total. The summed E-state index contributed by atoms with van der Waals surface area (Å²) in [6.07, 6.45) is 103. The fourth-order valence-corrected chi connectivity index (χ4v) is 8.76. The molecule has 6 nitrogen and oxygen atoms in total. The van der Waals surface area contributed by atoms with Crippen LogP contribution in [0.2, 0.25) is 0 Å². The molecule has 0 aliphatic carbocycles. The van der Waals surface area contributed by atoms with Crippen molar-refractivity contribution in [3.8, 4) is 0 Å². The molecule has 0 bridgehead atoms. The maximum Gasteiger partial charge on any atom is 0.306 e. The van der Waals surface area contributed by atoms with Crippen LogP contribution in [0.3, 0.4) is 0 Å². The number of esters is 3. The van der Waals surface area contributed by atoms with Crippen molar-refractivity contribution in [2.24, 2.45) is 0 Å². The maximum atomic E-state index is 12.8. The van der Waals surface area contributed by atoms with E-state index in [2.05, 4.69) is 191 Å². The van der Waals surface area contributed by atoms with Gasteiger partial charge in [-0.2, -0.15) is 0 Å². The Balaban J connectivity index is 4.11. The molecule has 0 saturated heterocycles. The zero-order valence-electron chi connectivity index (χ0n) is 53.4. The number of hydrogen-bond donors (Lipinski definition) is 0. The highest BCUT2D eigenvalue weighted by molar-refractivity contribution is 5.71. The summed E-state index contributed by atoms with van der Waals surface area (Å²) in [7, 11) is 0. The van der Waals surface area contributed by atoms with E-state index in [1.165, 1.54) is 57.8 Å². The second-order valence-electron chi connectivity index (χ2n) is 21.6. The van der Waals surface area contributed by atoms with Gasteiger partial charge in [-0.1, -0.05) is 294 Å². The highest BCUT2D eigenvalue weighted by Gasteiger charge is 2.19. The van der Waals surface area contributed by atoms with Gasteiger partial charge in [-0.05, 0) is 135 Å². The second-order valence-corrected chi connectivity index (χ2v) is 21.6. The SMILES string of the molecule is CC/C=C\C/C=C\C/C=C\C/C=C\C/C=C\C/C=C\C/C=C\CCCCCCCCCCCCCC(=O)OCC(COC(=O)CCCCCCC)OC(=O)CCCCCCC/C=C\C/C=C\C/C=C\C/C=C\C/C=C\C/C=C\C/C=C\CC. The molecule has 0 amide bonds. The standard InChI is InChI=1S/C77H122O6/c1-4-7-10-13-15-17-19-21-23-25-27-29-31-33-35-36-37-38-39-40-42-43-45-47-49-51-53-55-57-59-61-64-67-70-76(79)82-73-74(72-81-75(78)69-66-63-12-9-6-3)83-77(80)71-68-65-62-60-58-56-54-52-50-48-46-44-41-34-32-30-28-26-24-22-20-18-16-14-11-8-5-2/h7-8,10-11,15-18,21-24,27-30,33-35,37-38,40-42,46,48,52,54,74H,4-6,9,12-14,19-20,25-26,31-32,36,39,43-45,47,49-51,53,55-73H2,1-3H3/b10-7-,11-8-,17-15-,18-16-,23-21-,24-22-,29-27-,30-28-,35-33-,38-37-,41-34-,42-40-,48-46-,54-52-. The first-order valence-corrected chi connectivity index (χ1v) is 33.6. The summed E-state index contributed by atoms with van der Waals surface area (Å²) < 4.78 is 16.8. The zero-order valence-corrected chi connectivity index (χ0v) is 53.4. The Morgan fingerprint density at radius 3 is 0.735 bits per heavy atom. The van der Waals surface area contributed by atoms with Gasteiger partial charge >= 0.3 is 17.9 Å². The number of allylic oxidation sites excluding steroid dienone is 28. The first-order valence-electron chi connectivity index (χ1n) is 33.6. The Morgan fingerprint density at radius 2 is 0.470 bits per heavy atom. The summed E-state index contributed by atoms with van der Waals surface area (Å²) in [4.78, 5) is 38.0. The molecule has 466 valence electrons. The molecule has 0 aliphatic rings. The van der Waals surface area contributed by atoms with E-state index in [0.717, 1.165) is 180 Å². The Bertz CT molecular complexity index is 1890. The number of carbonyl (C=O) groups is 3. The third kappa shape index (κ3) is 67.4. The summed E-state index contributed by atoms with van der Waals surface area (Å²) >= 11 is 0. The van der Waals surface area contributed by atoms with Crippen LogP contribution in [0.1, 0.15) is 278 Å². The normalized spacial score (nSPS) is 13.2. The van der Waals surface area contributed by atoms with Crippen LogP contribution in [-0.4, -0.2) is 37.2 Å². The quantitative estimate of drug-likeness (QED) is 0.0261. The van der Waals surface area contributed by atoms with Crippen LogP contribution in [-0.2, 0) is 28.6 Å². The number of hydrogen-bond acceptors (Lipinski definition) is 6. The van der Waals surface area contributed by atoms with Crippen LogP contribution in [0, 0.1) is 0 Å². The lowest BCUT2D eigenvalue weighted by atomic mass is 10.0. The van der Waals surface area contributed by atoms with E-state index in [-0.39, 0.29) is 31.1 Å². The Hall–Kier alpha value is -5.23. The molecule has 0 spiro atoms. The molecule has 0 aromatic carbocycles. The van der Waals surface area contributed by atoms with Crippen molar-refractivity contribution in [2.45, 2.75) is 284 Å². The van der Waals surface area contributed by atoms with E-state index in [9.17, 15) is 14.4 Å². The zero-order chi connectivity index (χ0) is 59.9. The average Bonchev–Trinajstić information content (AvgIpc) is 3.49. The van der Waals surface area contributed by atoms with E-state index < -0.39 is 6.10 Å². The molecular formula is C77H122O6. The second kappa shape index (κ2) is 69.3. The van der Waals surface area contributed by atoms with Crippen molar-refractivity contribution in [3.05, 3.63) is 170 Å². The average molecular weight is 1140 g/mol. The molecular weight excluding hydrogens is 1020 g/mol. The number of unbranched alkanes of at least 4 members (excludes halogenated alkanes) is 20. The van der Waals surface area contributed by atoms with Gasteiger partial charge in [0, 0.05) is 19.3 Å². The first-order chi connectivity index (χ1) is 41.0. The monoisotopic (exact) mass is 1140 g/mol. The van der Waals surface area contributed by atoms with Gasteiger partial charge in [-0.3, -0.25) is 14.4 Å². The van der Waals surface area contributed by atoms with Gasteiger partial charge in [0.2, 0.25) is 0 Å². The predicted molar refractivity (Wildman–Crippen MR) is 361 cm³/mol. The van der Waals surface area contributed by atoms with Crippen molar-refractivity contribution in [1.82, 2.24) is 0 Å². The molecule has 0 rings (SSSR count).